The summed E-state index contributed by atoms with van der Waals surface area (Å²) in [6.45, 7) is 2.81. The molecular weight excluding hydrogens is 549 g/mol. The van der Waals surface area contributed by atoms with E-state index in [1.165, 1.54) is 7.11 Å². The normalized spacial score (nSPS) is 20.7. The van der Waals surface area contributed by atoms with Crippen LogP contribution in [-0.4, -0.2) is 13.1 Å². The summed E-state index contributed by atoms with van der Waals surface area (Å²) in [6.07, 6.45) is 1.83. The summed E-state index contributed by atoms with van der Waals surface area (Å²) >= 11 is 9.40. The molecule has 0 N–H and O–H groups in total. The molecule has 9 heteroatoms. The summed E-state index contributed by atoms with van der Waals surface area (Å²) in [7, 11) is 1.24. The van der Waals surface area contributed by atoms with E-state index in [-0.39, 0.29) is 21.4 Å². The van der Waals surface area contributed by atoms with Gasteiger partial charge in [0.1, 0.15) is 12.4 Å². The van der Waals surface area contributed by atoms with Gasteiger partial charge in [-0.15, -0.1) is 0 Å². The highest BCUT2D eigenvalue weighted by Gasteiger charge is 2.61. The van der Waals surface area contributed by atoms with E-state index < -0.39 is 48.1 Å². The quantitative estimate of drug-likeness (QED) is 0.316. The molecule has 1 aromatic rings. The fraction of sp³-hybridized carbons (Fsp3) is 0.471. The van der Waals surface area contributed by atoms with E-state index in [0.717, 1.165) is 0 Å². The van der Waals surface area contributed by atoms with Crippen molar-refractivity contribution in [2.24, 2.45) is 17.3 Å². The van der Waals surface area contributed by atoms with Crippen molar-refractivity contribution in [2.45, 2.75) is 27.1 Å². The molecule has 0 bridgehead atoms. The fourth-order valence-corrected chi connectivity index (χ4v) is 4.03. The Kier molecular flexibility index (Phi) is 7.02. The first-order valence-electron chi connectivity index (χ1n) is 7.56. The molecular formula is C17H16Br3F3O3. The maximum absolute atomic E-state index is 14.3. The van der Waals surface area contributed by atoms with E-state index in [2.05, 4.69) is 52.5 Å². The molecule has 26 heavy (non-hydrogen) atoms. The summed E-state index contributed by atoms with van der Waals surface area (Å²) in [5.74, 6) is -4.63. The summed E-state index contributed by atoms with van der Waals surface area (Å²) in [5.41, 5.74) is -1.23. The number of allylic oxidation sites excluding steroid dienone is 1. The minimum atomic E-state index is -1.35. The zero-order valence-corrected chi connectivity index (χ0v) is 18.9. The monoisotopic (exact) mass is 562 g/mol. The Labute approximate surface area is 174 Å². The van der Waals surface area contributed by atoms with Crippen LogP contribution >= 0.6 is 47.8 Å². The Hall–Kier alpha value is -0.380. The Morgan fingerprint density at radius 2 is 1.69 bits per heavy atom. The zero-order valence-electron chi connectivity index (χ0n) is 14.1. The molecule has 1 aliphatic carbocycles. The SMILES string of the molecule is COCc1c(F)c(F)c(COC(=O)[C@@H]2[C@H](C=C(Br)Br)C2(C)C)c(Br)c1F. The van der Waals surface area contributed by atoms with Crippen LogP contribution in [-0.2, 0) is 27.5 Å². The highest BCUT2D eigenvalue weighted by Crippen LogP contribution is 2.60. The van der Waals surface area contributed by atoms with Gasteiger partial charge in [0.25, 0.3) is 0 Å². The van der Waals surface area contributed by atoms with Crippen molar-refractivity contribution in [3.63, 3.8) is 0 Å². The third-order valence-electron chi connectivity index (χ3n) is 4.56. The number of hydrogen-bond acceptors (Lipinski definition) is 3. The van der Waals surface area contributed by atoms with Crippen LogP contribution in [0.2, 0.25) is 0 Å². The number of carbonyl (C=O) groups is 1. The van der Waals surface area contributed by atoms with Crippen molar-refractivity contribution in [3.05, 3.63) is 42.5 Å². The van der Waals surface area contributed by atoms with Crippen LogP contribution in [0.3, 0.4) is 0 Å². The van der Waals surface area contributed by atoms with Gasteiger partial charge in [0.2, 0.25) is 0 Å². The fourth-order valence-electron chi connectivity index (χ4n) is 2.93. The highest BCUT2D eigenvalue weighted by molar-refractivity contribution is 9.28. The van der Waals surface area contributed by atoms with Crippen molar-refractivity contribution >= 4 is 53.8 Å². The van der Waals surface area contributed by atoms with Gasteiger partial charge in [0, 0.05) is 12.7 Å². The van der Waals surface area contributed by atoms with E-state index in [1.807, 2.05) is 19.9 Å². The number of methoxy groups -OCH3 is 1. The predicted molar refractivity (Wildman–Crippen MR) is 101 cm³/mol. The largest absolute Gasteiger partial charge is 0.460 e. The van der Waals surface area contributed by atoms with Crippen LogP contribution in [0.25, 0.3) is 0 Å². The molecule has 0 amide bonds. The van der Waals surface area contributed by atoms with Crippen molar-refractivity contribution in [1.82, 2.24) is 0 Å². The molecule has 2 rings (SSSR count). The molecule has 0 heterocycles. The second kappa shape index (κ2) is 8.32. The van der Waals surface area contributed by atoms with Gasteiger partial charge in [-0.25, -0.2) is 13.2 Å². The molecule has 0 saturated heterocycles. The minimum Gasteiger partial charge on any atom is -0.460 e. The molecule has 1 saturated carbocycles. The van der Waals surface area contributed by atoms with E-state index in [1.54, 1.807) is 0 Å². The highest BCUT2D eigenvalue weighted by atomic mass is 79.9. The first-order valence-corrected chi connectivity index (χ1v) is 9.94. The number of ether oxygens (including phenoxy) is 2. The summed E-state index contributed by atoms with van der Waals surface area (Å²) < 4.78 is 52.8. The van der Waals surface area contributed by atoms with Gasteiger partial charge < -0.3 is 9.47 Å². The number of halogens is 6. The molecule has 2 atom stereocenters. The Morgan fingerprint density at radius 3 is 2.23 bits per heavy atom. The first-order chi connectivity index (χ1) is 12.0. The number of esters is 1. The number of rotatable bonds is 6. The third-order valence-corrected chi connectivity index (χ3v) is 5.92. The van der Waals surface area contributed by atoms with Crippen molar-refractivity contribution in [2.75, 3.05) is 7.11 Å². The maximum atomic E-state index is 14.3. The maximum Gasteiger partial charge on any atom is 0.310 e. The van der Waals surface area contributed by atoms with Gasteiger partial charge >= 0.3 is 5.97 Å². The van der Waals surface area contributed by atoms with Gasteiger partial charge in [-0.3, -0.25) is 4.79 Å². The molecule has 144 valence electrons. The molecule has 0 radical (unpaired) electrons. The van der Waals surface area contributed by atoms with Gasteiger partial charge in [-0.05, 0) is 59.1 Å². The lowest BCUT2D eigenvalue weighted by atomic mass is 10.1. The smallest absolute Gasteiger partial charge is 0.310 e. The molecule has 3 nitrogen and oxygen atoms in total. The van der Waals surface area contributed by atoms with Crippen molar-refractivity contribution in [1.29, 1.82) is 0 Å². The molecule has 1 fully saturated rings. The first kappa shape index (κ1) is 21.9. The zero-order chi connectivity index (χ0) is 19.8. The molecule has 0 aromatic heterocycles. The van der Waals surface area contributed by atoms with Crippen LogP contribution in [0.1, 0.15) is 25.0 Å². The molecule has 1 aromatic carbocycles. The number of carbonyl (C=O) groups excluding carboxylic acids is 1. The van der Waals surface area contributed by atoms with Crippen LogP contribution in [0.5, 0.6) is 0 Å². The van der Waals surface area contributed by atoms with E-state index in [0.29, 0.717) is 3.39 Å². The van der Waals surface area contributed by atoms with Crippen LogP contribution in [0.15, 0.2) is 13.9 Å². The van der Waals surface area contributed by atoms with Crippen LogP contribution in [0.4, 0.5) is 13.2 Å². The van der Waals surface area contributed by atoms with Crippen molar-refractivity contribution in [3.8, 4) is 0 Å². The summed E-state index contributed by atoms with van der Waals surface area (Å²) in [6, 6.07) is 0. The van der Waals surface area contributed by atoms with Gasteiger partial charge in [0.05, 0.1) is 26.0 Å². The lowest BCUT2D eigenvalue weighted by Gasteiger charge is -2.13. The van der Waals surface area contributed by atoms with Crippen LogP contribution in [0, 0.1) is 34.7 Å². The van der Waals surface area contributed by atoms with E-state index in [4.69, 9.17) is 4.74 Å². The summed E-state index contributed by atoms with van der Waals surface area (Å²) in [5, 5.41) is 0. The second-order valence-corrected chi connectivity index (χ2v) is 10.1. The van der Waals surface area contributed by atoms with E-state index >= 15 is 0 Å². The molecule has 1 aliphatic rings. The molecule has 0 spiro atoms. The number of hydrogen-bond donors (Lipinski definition) is 0. The third kappa shape index (κ3) is 4.20. The van der Waals surface area contributed by atoms with Gasteiger partial charge in [-0.1, -0.05) is 19.9 Å². The lowest BCUT2D eigenvalue weighted by molar-refractivity contribution is -0.147. The Bertz CT molecular complexity index is 732. The second-order valence-electron chi connectivity index (χ2n) is 6.53. The van der Waals surface area contributed by atoms with Gasteiger partial charge in [0.15, 0.2) is 11.6 Å². The standard InChI is InChI=1S/C17H16Br3F3O3/c1-17(2)9(4-10(18)19)11(17)16(24)26-6-7-12(20)13(21)8(5-25-3)15(23)14(7)22/h4,9,11H,5-6H2,1-3H3/t9-,11-/m0/s1. The molecule has 0 unspecified atom stereocenters. The van der Waals surface area contributed by atoms with Crippen LogP contribution < -0.4 is 0 Å². The lowest BCUT2D eigenvalue weighted by Crippen LogP contribution is -2.13. The van der Waals surface area contributed by atoms with E-state index in [9.17, 15) is 18.0 Å². The molecule has 0 aliphatic heterocycles. The minimum absolute atomic E-state index is 0.0606. The predicted octanol–water partition coefficient (Wildman–Crippen LogP) is 5.96. The Balaban J connectivity index is 2.18. The van der Waals surface area contributed by atoms with Crippen molar-refractivity contribution < 1.29 is 27.4 Å². The summed E-state index contributed by atoms with van der Waals surface area (Å²) in [4.78, 5) is 12.3. The van der Waals surface area contributed by atoms with Gasteiger partial charge in [-0.2, -0.15) is 0 Å². The Morgan fingerprint density at radius 1 is 1.12 bits per heavy atom. The average molecular weight is 565 g/mol. The topological polar surface area (TPSA) is 35.5 Å². The average Bonchev–Trinajstić information content (AvgIpc) is 3.09. The number of benzene rings is 1.